The van der Waals surface area contributed by atoms with Crippen molar-refractivity contribution in [1.82, 2.24) is 4.98 Å². The fraction of sp³-hybridized carbons (Fsp3) is 0.621. The van der Waals surface area contributed by atoms with E-state index in [0.717, 1.165) is 11.8 Å². The Bertz CT molecular complexity index is 742. The van der Waals surface area contributed by atoms with E-state index in [0.29, 0.717) is 5.92 Å². The Balaban J connectivity index is 1.74. The Morgan fingerprint density at radius 2 is 1.63 bits per heavy atom. The second kappa shape index (κ2) is 12.3. The molecule has 1 aliphatic carbocycles. The van der Waals surface area contributed by atoms with Gasteiger partial charge < -0.3 is 0 Å². The molecule has 0 spiro atoms. The summed E-state index contributed by atoms with van der Waals surface area (Å²) in [7, 11) is 0. The van der Waals surface area contributed by atoms with Crippen LogP contribution in [-0.2, 0) is 6.42 Å². The average Bonchev–Trinajstić information content (AvgIpc) is 2.79. The molecule has 0 N–H and O–H groups in total. The normalized spacial score (nSPS) is 20.2. The number of aryl methyl sites for hydroxylation is 1. The minimum atomic E-state index is 0.592. The highest BCUT2D eigenvalue weighted by Gasteiger charge is 2.27. The van der Waals surface area contributed by atoms with Crippen molar-refractivity contribution in [1.29, 1.82) is 0 Å². The van der Waals surface area contributed by atoms with Gasteiger partial charge in [-0.25, -0.2) is 0 Å². The average molecular weight is 406 g/mol. The van der Waals surface area contributed by atoms with E-state index < -0.39 is 0 Å². The van der Waals surface area contributed by atoms with Crippen LogP contribution in [0.4, 0.5) is 0 Å². The summed E-state index contributed by atoms with van der Waals surface area (Å²) in [6, 6.07) is 11.4. The summed E-state index contributed by atoms with van der Waals surface area (Å²) >= 11 is 0. The van der Waals surface area contributed by atoms with Crippen LogP contribution in [0.5, 0.6) is 0 Å². The lowest BCUT2D eigenvalue weighted by atomic mass is 9.72. The van der Waals surface area contributed by atoms with E-state index in [-0.39, 0.29) is 0 Å². The number of benzene rings is 1. The second-order valence-electron chi connectivity index (χ2n) is 9.64. The molecule has 1 fully saturated rings. The van der Waals surface area contributed by atoms with Gasteiger partial charge in [-0.05, 0) is 71.8 Å². The van der Waals surface area contributed by atoms with Crippen molar-refractivity contribution in [3.05, 3.63) is 53.9 Å². The van der Waals surface area contributed by atoms with Gasteiger partial charge in [-0.15, -0.1) is 0 Å². The first-order chi connectivity index (χ1) is 14.7. The molecule has 0 saturated heterocycles. The van der Waals surface area contributed by atoms with Crippen molar-refractivity contribution in [2.45, 2.75) is 104 Å². The lowest BCUT2D eigenvalue weighted by Crippen LogP contribution is -2.19. The molecule has 1 aromatic heterocycles. The van der Waals surface area contributed by atoms with Crippen molar-refractivity contribution in [3.8, 4) is 11.1 Å². The number of hydrogen-bond donors (Lipinski definition) is 0. The Hall–Kier alpha value is -1.63. The molecule has 30 heavy (non-hydrogen) atoms. The molecule has 1 nitrogen and oxygen atoms in total. The SMILES string of the molecule is CCCCCCCc1ccccc1-c1ccncc1C(C)C1CCC(CCC)CC1. The molecule has 3 rings (SSSR count). The Labute approximate surface area is 185 Å². The molecular formula is C29H43N. The van der Waals surface area contributed by atoms with E-state index >= 15 is 0 Å². The van der Waals surface area contributed by atoms with Gasteiger partial charge in [-0.3, -0.25) is 4.98 Å². The monoisotopic (exact) mass is 405 g/mol. The maximum atomic E-state index is 4.56. The van der Waals surface area contributed by atoms with Crippen LogP contribution in [0.15, 0.2) is 42.7 Å². The van der Waals surface area contributed by atoms with Crippen LogP contribution in [-0.4, -0.2) is 4.98 Å². The molecule has 2 aromatic rings. The van der Waals surface area contributed by atoms with Gasteiger partial charge in [0, 0.05) is 12.4 Å². The summed E-state index contributed by atoms with van der Waals surface area (Å²) < 4.78 is 0. The Kier molecular flexibility index (Phi) is 9.43. The van der Waals surface area contributed by atoms with Gasteiger partial charge in [0.1, 0.15) is 0 Å². The molecule has 164 valence electrons. The molecule has 1 heterocycles. The first-order valence-electron chi connectivity index (χ1n) is 12.8. The first kappa shape index (κ1) is 23.0. The highest BCUT2D eigenvalue weighted by atomic mass is 14.6. The van der Waals surface area contributed by atoms with Crippen molar-refractivity contribution in [3.63, 3.8) is 0 Å². The summed E-state index contributed by atoms with van der Waals surface area (Å²) in [5.41, 5.74) is 5.85. The fourth-order valence-electron chi connectivity index (χ4n) is 5.57. The van der Waals surface area contributed by atoms with Crippen molar-refractivity contribution in [2.24, 2.45) is 11.8 Å². The van der Waals surface area contributed by atoms with Crippen LogP contribution < -0.4 is 0 Å². The van der Waals surface area contributed by atoms with Crippen LogP contribution >= 0.6 is 0 Å². The van der Waals surface area contributed by atoms with Gasteiger partial charge in [-0.1, -0.05) is 96.4 Å². The summed E-state index contributed by atoms with van der Waals surface area (Å²) in [5, 5.41) is 0. The third-order valence-corrected chi connectivity index (χ3v) is 7.50. The lowest BCUT2D eigenvalue weighted by molar-refractivity contribution is 0.239. The molecule has 1 unspecified atom stereocenters. The van der Waals surface area contributed by atoms with E-state index in [4.69, 9.17) is 0 Å². The quantitative estimate of drug-likeness (QED) is 0.340. The molecule has 1 saturated carbocycles. The van der Waals surface area contributed by atoms with E-state index in [2.05, 4.69) is 62.3 Å². The van der Waals surface area contributed by atoms with Crippen LogP contribution in [0.25, 0.3) is 11.1 Å². The molecule has 1 aromatic carbocycles. The van der Waals surface area contributed by atoms with Gasteiger partial charge in [0.05, 0.1) is 0 Å². The standard InChI is InChI=1S/C29H43N/c1-4-6-7-8-9-13-26-14-10-11-15-27(26)28-20-21-30-22-29(28)23(3)25-18-16-24(12-5-2)17-19-25/h10-11,14-15,20-25H,4-9,12-13,16-19H2,1-3H3. The van der Waals surface area contributed by atoms with Crippen molar-refractivity contribution < 1.29 is 0 Å². The highest BCUT2D eigenvalue weighted by molar-refractivity contribution is 5.71. The van der Waals surface area contributed by atoms with Gasteiger partial charge in [0.25, 0.3) is 0 Å². The molecule has 0 aliphatic heterocycles. The number of nitrogens with zero attached hydrogens (tertiary/aromatic N) is 1. The zero-order valence-corrected chi connectivity index (χ0v) is 19.7. The summed E-state index contributed by atoms with van der Waals surface area (Å²) in [4.78, 5) is 4.56. The van der Waals surface area contributed by atoms with Crippen molar-refractivity contribution >= 4 is 0 Å². The van der Waals surface area contributed by atoms with Gasteiger partial charge >= 0.3 is 0 Å². The molecule has 1 aliphatic rings. The third kappa shape index (κ3) is 6.19. The fourth-order valence-corrected chi connectivity index (χ4v) is 5.57. The van der Waals surface area contributed by atoms with E-state index in [1.165, 1.54) is 99.3 Å². The second-order valence-corrected chi connectivity index (χ2v) is 9.64. The first-order valence-corrected chi connectivity index (χ1v) is 12.8. The number of aromatic nitrogens is 1. The highest BCUT2D eigenvalue weighted by Crippen LogP contribution is 2.42. The minimum Gasteiger partial charge on any atom is -0.264 e. The molecule has 1 heteroatoms. The van der Waals surface area contributed by atoms with E-state index in [1.807, 2.05) is 6.20 Å². The predicted molar refractivity (Wildman–Crippen MR) is 131 cm³/mol. The van der Waals surface area contributed by atoms with Gasteiger partial charge in [0.2, 0.25) is 0 Å². The summed E-state index contributed by atoms with van der Waals surface area (Å²) in [5.74, 6) is 2.37. The van der Waals surface area contributed by atoms with Gasteiger partial charge in [0.15, 0.2) is 0 Å². The number of hydrogen-bond acceptors (Lipinski definition) is 1. The largest absolute Gasteiger partial charge is 0.264 e. The number of unbranched alkanes of at least 4 members (excludes halogenated alkanes) is 4. The van der Waals surface area contributed by atoms with Crippen LogP contribution in [0.2, 0.25) is 0 Å². The summed E-state index contributed by atoms with van der Waals surface area (Å²) in [6.07, 6.45) is 20.4. The lowest BCUT2D eigenvalue weighted by Gasteiger charge is -2.33. The molecular weight excluding hydrogens is 362 g/mol. The zero-order chi connectivity index (χ0) is 21.2. The summed E-state index contributed by atoms with van der Waals surface area (Å²) in [6.45, 7) is 7.08. The Morgan fingerprint density at radius 3 is 2.40 bits per heavy atom. The third-order valence-electron chi connectivity index (χ3n) is 7.50. The van der Waals surface area contributed by atoms with E-state index in [9.17, 15) is 0 Å². The maximum Gasteiger partial charge on any atom is 0.0308 e. The maximum absolute atomic E-state index is 4.56. The predicted octanol–water partition coefficient (Wildman–Crippen LogP) is 8.97. The van der Waals surface area contributed by atoms with Gasteiger partial charge in [-0.2, -0.15) is 0 Å². The topological polar surface area (TPSA) is 12.9 Å². The number of rotatable bonds is 11. The van der Waals surface area contributed by atoms with E-state index in [1.54, 1.807) is 0 Å². The molecule has 0 radical (unpaired) electrons. The Morgan fingerprint density at radius 1 is 0.867 bits per heavy atom. The smallest absolute Gasteiger partial charge is 0.0308 e. The van der Waals surface area contributed by atoms with Crippen LogP contribution in [0, 0.1) is 11.8 Å². The number of pyridine rings is 1. The van der Waals surface area contributed by atoms with Crippen LogP contribution in [0.1, 0.15) is 108 Å². The van der Waals surface area contributed by atoms with Crippen molar-refractivity contribution in [2.75, 3.05) is 0 Å². The van der Waals surface area contributed by atoms with Crippen LogP contribution in [0.3, 0.4) is 0 Å². The zero-order valence-electron chi connectivity index (χ0n) is 19.7. The molecule has 1 atom stereocenters. The minimum absolute atomic E-state index is 0.592. The molecule has 0 amide bonds. The molecule has 0 bridgehead atoms.